The summed E-state index contributed by atoms with van der Waals surface area (Å²) in [6, 6.07) is 15.5. The molecule has 0 radical (unpaired) electrons. The van der Waals surface area contributed by atoms with E-state index in [1.54, 1.807) is 11.8 Å². The van der Waals surface area contributed by atoms with Crippen LogP contribution in [0.3, 0.4) is 0 Å². The normalized spacial score (nSPS) is 10.9. The molecule has 1 heterocycles. The lowest BCUT2D eigenvalue weighted by Gasteiger charge is -2.08. The molecule has 0 unspecified atom stereocenters. The molecule has 118 valence electrons. The molecule has 2 aromatic carbocycles. The van der Waals surface area contributed by atoms with E-state index >= 15 is 0 Å². The van der Waals surface area contributed by atoms with E-state index in [-0.39, 0.29) is 0 Å². The van der Waals surface area contributed by atoms with Gasteiger partial charge >= 0.3 is 0 Å². The summed E-state index contributed by atoms with van der Waals surface area (Å²) in [5.74, 6) is 1.59. The third-order valence-electron chi connectivity index (χ3n) is 3.43. The van der Waals surface area contributed by atoms with Crippen LogP contribution in [-0.4, -0.2) is 14.8 Å². The number of hydrogen-bond donors (Lipinski definition) is 0. The molecular weight excluding hydrogens is 349 g/mol. The fraction of sp³-hybridized carbons (Fsp3) is 0.176. The molecule has 3 aromatic rings. The first-order chi connectivity index (χ1) is 11.2. The number of benzene rings is 2. The number of thioether (sulfide) groups is 1. The maximum atomic E-state index is 6.21. The van der Waals surface area contributed by atoms with Gasteiger partial charge in [-0.15, -0.1) is 10.2 Å². The zero-order chi connectivity index (χ0) is 16.2. The fourth-order valence-corrected chi connectivity index (χ4v) is 3.76. The molecule has 3 nitrogen and oxygen atoms in total. The van der Waals surface area contributed by atoms with E-state index in [9.17, 15) is 0 Å². The van der Waals surface area contributed by atoms with Crippen LogP contribution in [0, 0.1) is 0 Å². The van der Waals surface area contributed by atoms with Crippen molar-refractivity contribution in [2.75, 3.05) is 0 Å². The number of rotatable bonds is 5. The predicted molar refractivity (Wildman–Crippen MR) is 97.2 cm³/mol. The predicted octanol–water partition coefficient (Wildman–Crippen LogP) is 5.56. The van der Waals surface area contributed by atoms with Crippen LogP contribution in [0.2, 0.25) is 10.0 Å². The van der Waals surface area contributed by atoms with Gasteiger partial charge in [0.25, 0.3) is 0 Å². The van der Waals surface area contributed by atoms with Crippen molar-refractivity contribution in [2.24, 2.45) is 0 Å². The molecule has 0 aliphatic rings. The van der Waals surface area contributed by atoms with Crippen LogP contribution < -0.4 is 0 Å². The Kier molecular flexibility index (Phi) is 5.26. The Labute approximate surface area is 149 Å². The van der Waals surface area contributed by atoms with Gasteiger partial charge < -0.3 is 4.57 Å². The standard InChI is InChI=1S/C17H15Cl2N3S/c1-2-22-16(12-7-5-8-14(18)10-12)20-21-17(22)23-11-13-6-3-4-9-15(13)19/h3-10H,2,11H2,1H3. The third kappa shape index (κ3) is 3.71. The van der Waals surface area contributed by atoms with Gasteiger partial charge in [-0.05, 0) is 30.7 Å². The van der Waals surface area contributed by atoms with Crippen molar-refractivity contribution in [2.45, 2.75) is 24.4 Å². The molecule has 0 N–H and O–H groups in total. The monoisotopic (exact) mass is 363 g/mol. The maximum absolute atomic E-state index is 6.21. The van der Waals surface area contributed by atoms with Gasteiger partial charge in [0.15, 0.2) is 11.0 Å². The van der Waals surface area contributed by atoms with Crippen LogP contribution in [0.4, 0.5) is 0 Å². The lowest BCUT2D eigenvalue weighted by molar-refractivity contribution is 0.687. The number of halogens is 2. The summed E-state index contributed by atoms with van der Waals surface area (Å²) in [5.41, 5.74) is 2.06. The van der Waals surface area contributed by atoms with Gasteiger partial charge in [-0.3, -0.25) is 0 Å². The molecule has 0 aliphatic carbocycles. The van der Waals surface area contributed by atoms with Gasteiger partial charge in [0.05, 0.1) is 0 Å². The van der Waals surface area contributed by atoms with Crippen LogP contribution in [0.5, 0.6) is 0 Å². The minimum absolute atomic E-state index is 0.693. The quantitative estimate of drug-likeness (QED) is 0.555. The summed E-state index contributed by atoms with van der Waals surface area (Å²) in [4.78, 5) is 0. The highest BCUT2D eigenvalue weighted by Crippen LogP contribution is 2.29. The lowest BCUT2D eigenvalue weighted by Crippen LogP contribution is -2.00. The average Bonchev–Trinajstić information content (AvgIpc) is 2.97. The van der Waals surface area contributed by atoms with Gasteiger partial charge in [0.1, 0.15) is 0 Å². The fourth-order valence-electron chi connectivity index (χ4n) is 2.28. The zero-order valence-electron chi connectivity index (χ0n) is 12.5. The van der Waals surface area contributed by atoms with Crippen molar-refractivity contribution >= 4 is 35.0 Å². The van der Waals surface area contributed by atoms with Crippen molar-refractivity contribution in [3.63, 3.8) is 0 Å². The van der Waals surface area contributed by atoms with Gasteiger partial charge in [0.2, 0.25) is 0 Å². The molecule has 0 saturated carbocycles. The highest BCUT2D eigenvalue weighted by molar-refractivity contribution is 7.98. The van der Waals surface area contributed by atoms with E-state index in [1.807, 2.05) is 48.5 Å². The molecule has 0 aliphatic heterocycles. The van der Waals surface area contributed by atoms with Crippen molar-refractivity contribution in [1.82, 2.24) is 14.8 Å². The molecule has 0 fully saturated rings. The van der Waals surface area contributed by atoms with E-state index in [4.69, 9.17) is 23.2 Å². The summed E-state index contributed by atoms with van der Waals surface area (Å²) in [6.07, 6.45) is 0. The molecule has 6 heteroatoms. The molecule has 1 aromatic heterocycles. The first-order valence-electron chi connectivity index (χ1n) is 7.24. The molecule has 23 heavy (non-hydrogen) atoms. The molecule has 0 atom stereocenters. The first-order valence-corrected chi connectivity index (χ1v) is 8.98. The van der Waals surface area contributed by atoms with Crippen molar-refractivity contribution in [3.8, 4) is 11.4 Å². The maximum Gasteiger partial charge on any atom is 0.191 e. The second-order valence-corrected chi connectivity index (χ2v) is 6.73. The van der Waals surface area contributed by atoms with Crippen LogP contribution >= 0.6 is 35.0 Å². The SMILES string of the molecule is CCn1c(SCc2ccccc2Cl)nnc1-c1cccc(Cl)c1. The highest BCUT2D eigenvalue weighted by atomic mass is 35.5. The van der Waals surface area contributed by atoms with Gasteiger partial charge in [-0.2, -0.15) is 0 Å². The number of nitrogens with zero attached hydrogens (tertiary/aromatic N) is 3. The Morgan fingerprint density at radius 1 is 1.04 bits per heavy atom. The molecule has 3 rings (SSSR count). The Morgan fingerprint density at radius 2 is 1.87 bits per heavy atom. The van der Waals surface area contributed by atoms with E-state index in [0.29, 0.717) is 5.02 Å². The molecule has 0 amide bonds. The first kappa shape index (κ1) is 16.4. The lowest BCUT2D eigenvalue weighted by atomic mass is 10.2. The van der Waals surface area contributed by atoms with Gasteiger partial charge in [-0.1, -0.05) is 65.3 Å². The van der Waals surface area contributed by atoms with Gasteiger partial charge in [0, 0.05) is 27.9 Å². The Morgan fingerprint density at radius 3 is 2.61 bits per heavy atom. The summed E-state index contributed by atoms with van der Waals surface area (Å²) >= 11 is 13.9. The Hall–Kier alpha value is -1.49. The number of aromatic nitrogens is 3. The topological polar surface area (TPSA) is 30.7 Å². The van der Waals surface area contributed by atoms with Crippen LogP contribution in [0.1, 0.15) is 12.5 Å². The van der Waals surface area contributed by atoms with Crippen molar-refractivity contribution in [1.29, 1.82) is 0 Å². The van der Waals surface area contributed by atoms with Crippen LogP contribution in [0.25, 0.3) is 11.4 Å². The molecule has 0 bridgehead atoms. The Bertz CT molecular complexity index is 817. The van der Waals surface area contributed by atoms with E-state index < -0.39 is 0 Å². The van der Waals surface area contributed by atoms with Crippen molar-refractivity contribution < 1.29 is 0 Å². The van der Waals surface area contributed by atoms with Gasteiger partial charge in [-0.25, -0.2) is 0 Å². The van der Waals surface area contributed by atoms with Crippen LogP contribution in [-0.2, 0) is 12.3 Å². The minimum atomic E-state index is 0.693. The molecular formula is C17H15Cl2N3S. The molecule has 0 spiro atoms. The van der Waals surface area contributed by atoms with E-state index in [1.165, 1.54) is 0 Å². The summed E-state index contributed by atoms with van der Waals surface area (Å²) in [5, 5.41) is 11.0. The second kappa shape index (κ2) is 7.39. The van der Waals surface area contributed by atoms with Crippen molar-refractivity contribution in [3.05, 3.63) is 64.1 Å². The third-order valence-corrected chi connectivity index (χ3v) is 5.05. The summed E-state index contributed by atoms with van der Waals surface area (Å²) in [6.45, 7) is 2.87. The summed E-state index contributed by atoms with van der Waals surface area (Å²) < 4.78 is 2.09. The molecule has 0 saturated heterocycles. The zero-order valence-corrected chi connectivity index (χ0v) is 14.9. The minimum Gasteiger partial charge on any atom is -0.302 e. The Balaban J connectivity index is 1.85. The smallest absolute Gasteiger partial charge is 0.191 e. The highest BCUT2D eigenvalue weighted by Gasteiger charge is 2.14. The number of hydrogen-bond acceptors (Lipinski definition) is 3. The second-order valence-electron chi connectivity index (χ2n) is 4.94. The average molecular weight is 364 g/mol. The summed E-state index contributed by atoms with van der Waals surface area (Å²) in [7, 11) is 0. The van der Waals surface area contributed by atoms with E-state index in [0.717, 1.165) is 39.4 Å². The van der Waals surface area contributed by atoms with Crippen LogP contribution in [0.15, 0.2) is 53.7 Å². The largest absolute Gasteiger partial charge is 0.302 e. The van der Waals surface area contributed by atoms with E-state index in [2.05, 4.69) is 21.7 Å².